The van der Waals surface area contributed by atoms with E-state index in [0.717, 1.165) is 16.8 Å². The highest BCUT2D eigenvalue weighted by atomic mass is 16.2. The van der Waals surface area contributed by atoms with Crippen LogP contribution in [0.25, 0.3) is 0 Å². The molecule has 0 N–H and O–H groups in total. The van der Waals surface area contributed by atoms with Crippen molar-refractivity contribution in [2.45, 2.75) is 39.4 Å². The lowest BCUT2D eigenvalue weighted by Gasteiger charge is -2.31. The van der Waals surface area contributed by atoms with Crippen LogP contribution in [0.5, 0.6) is 0 Å². The van der Waals surface area contributed by atoms with Crippen molar-refractivity contribution in [3.8, 4) is 0 Å². The number of hydrogen-bond acceptors (Lipinski definition) is 2. The maximum atomic E-state index is 13.1. The molecule has 0 fully saturated rings. The van der Waals surface area contributed by atoms with Gasteiger partial charge in [-0.3, -0.25) is 9.59 Å². The molecule has 0 saturated heterocycles. The fraction of sp³-hybridized carbons (Fsp3) is 0.300. The highest BCUT2D eigenvalue weighted by Gasteiger charge is 2.42. The van der Waals surface area contributed by atoms with Gasteiger partial charge in [0.05, 0.1) is 6.54 Å². The Balaban J connectivity index is 2.02. The largest absolute Gasteiger partial charge is 0.324 e. The number of carbonyl (C=O) groups is 2. The molecule has 3 rings (SSSR count). The number of anilines is 1. The van der Waals surface area contributed by atoms with Crippen LogP contribution in [0.4, 0.5) is 5.69 Å². The van der Waals surface area contributed by atoms with Crippen LogP contribution in [0.3, 0.4) is 0 Å². The van der Waals surface area contributed by atoms with Gasteiger partial charge in [-0.1, -0.05) is 48.5 Å². The molecule has 0 saturated carbocycles. The molecule has 1 aliphatic rings. The van der Waals surface area contributed by atoms with Crippen molar-refractivity contribution in [2.75, 3.05) is 4.90 Å². The summed E-state index contributed by atoms with van der Waals surface area (Å²) in [7, 11) is 0. The van der Waals surface area contributed by atoms with Crippen LogP contribution >= 0.6 is 0 Å². The van der Waals surface area contributed by atoms with Gasteiger partial charge in [0.25, 0.3) is 5.91 Å². The summed E-state index contributed by atoms with van der Waals surface area (Å²) in [6.45, 7) is 5.92. The third-order valence-electron chi connectivity index (χ3n) is 4.40. The topological polar surface area (TPSA) is 40.6 Å². The lowest BCUT2D eigenvalue weighted by Crippen LogP contribution is -2.43. The molecule has 2 amide bonds. The lowest BCUT2D eigenvalue weighted by atomic mass is 10.1. The van der Waals surface area contributed by atoms with E-state index in [9.17, 15) is 9.59 Å². The van der Waals surface area contributed by atoms with Crippen molar-refractivity contribution < 1.29 is 9.59 Å². The van der Waals surface area contributed by atoms with Crippen molar-refractivity contribution in [2.24, 2.45) is 0 Å². The Hall–Kier alpha value is -2.62. The maximum Gasteiger partial charge on any atom is 0.254 e. The predicted octanol–water partition coefficient (Wildman–Crippen LogP) is 3.53. The first-order chi connectivity index (χ1) is 11.5. The predicted molar refractivity (Wildman–Crippen MR) is 94.5 cm³/mol. The van der Waals surface area contributed by atoms with Crippen LogP contribution in [0.15, 0.2) is 54.6 Å². The molecular weight excluding hydrogens is 300 g/mol. The quantitative estimate of drug-likeness (QED) is 0.864. The molecule has 0 aliphatic carbocycles. The summed E-state index contributed by atoms with van der Waals surface area (Å²) in [5.41, 5.74) is 2.87. The van der Waals surface area contributed by atoms with Crippen LogP contribution in [-0.4, -0.2) is 22.8 Å². The van der Waals surface area contributed by atoms with Gasteiger partial charge >= 0.3 is 0 Å². The van der Waals surface area contributed by atoms with Gasteiger partial charge in [0.15, 0.2) is 0 Å². The van der Waals surface area contributed by atoms with E-state index in [1.54, 1.807) is 9.80 Å². The van der Waals surface area contributed by atoms with E-state index in [2.05, 4.69) is 0 Å². The van der Waals surface area contributed by atoms with Gasteiger partial charge in [-0.05, 0) is 25.5 Å². The summed E-state index contributed by atoms with van der Waals surface area (Å²) in [6, 6.07) is 17.1. The Kier molecular flexibility index (Phi) is 4.38. The maximum absolute atomic E-state index is 13.1. The van der Waals surface area contributed by atoms with Crippen LogP contribution < -0.4 is 4.90 Å². The Morgan fingerprint density at radius 2 is 1.71 bits per heavy atom. The summed E-state index contributed by atoms with van der Waals surface area (Å²) in [4.78, 5) is 28.8. The normalized spacial score (nSPS) is 16.4. The molecule has 0 bridgehead atoms. The molecule has 24 heavy (non-hydrogen) atoms. The Labute approximate surface area is 142 Å². The molecule has 2 aromatic carbocycles. The number of amides is 2. The smallest absolute Gasteiger partial charge is 0.254 e. The van der Waals surface area contributed by atoms with Gasteiger partial charge in [0.2, 0.25) is 5.91 Å². The number of benzene rings is 2. The second-order valence-corrected chi connectivity index (χ2v) is 6.39. The van der Waals surface area contributed by atoms with Crippen LogP contribution in [0.1, 0.15) is 37.9 Å². The third kappa shape index (κ3) is 2.80. The van der Waals surface area contributed by atoms with E-state index in [-0.39, 0.29) is 17.9 Å². The highest BCUT2D eigenvalue weighted by molar-refractivity contribution is 6.06. The van der Waals surface area contributed by atoms with Gasteiger partial charge in [-0.2, -0.15) is 0 Å². The lowest BCUT2D eigenvalue weighted by molar-refractivity contribution is -0.139. The molecule has 2 aromatic rings. The first-order valence-corrected chi connectivity index (χ1v) is 8.24. The minimum absolute atomic E-state index is 0.0380. The third-order valence-corrected chi connectivity index (χ3v) is 4.40. The van der Waals surface area contributed by atoms with E-state index in [1.807, 2.05) is 68.4 Å². The van der Waals surface area contributed by atoms with E-state index >= 15 is 0 Å². The van der Waals surface area contributed by atoms with Crippen molar-refractivity contribution in [3.63, 3.8) is 0 Å². The van der Waals surface area contributed by atoms with Crippen LogP contribution in [-0.2, 0) is 16.1 Å². The van der Waals surface area contributed by atoms with Gasteiger partial charge in [-0.15, -0.1) is 0 Å². The van der Waals surface area contributed by atoms with Crippen molar-refractivity contribution >= 4 is 17.5 Å². The van der Waals surface area contributed by atoms with Gasteiger partial charge < -0.3 is 9.80 Å². The summed E-state index contributed by atoms with van der Waals surface area (Å²) < 4.78 is 0. The first-order valence-electron chi connectivity index (χ1n) is 8.24. The second-order valence-electron chi connectivity index (χ2n) is 6.39. The Bertz CT molecular complexity index is 755. The molecule has 1 aliphatic heterocycles. The standard InChI is InChI=1S/C20H22N2O2/c1-14(2)22(15(3)23)19-17-11-7-8-12-18(17)21(20(19)24)13-16-9-5-4-6-10-16/h4-12,14,19H,13H2,1-3H3. The highest BCUT2D eigenvalue weighted by Crippen LogP contribution is 2.40. The minimum atomic E-state index is -0.539. The Morgan fingerprint density at radius 3 is 2.33 bits per heavy atom. The van der Waals surface area contributed by atoms with Crippen molar-refractivity contribution in [3.05, 3.63) is 65.7 Å². The molecule has 4 nitrogen and oxygen atoms in total. The number of hydrogen-bond donors (Lipinski definition) is 0. The number of para-hydroxylation sites is 1. The van der Waals surface area contributed by atoms with Crippen molar-refractivity contribution in [1.29, 1.82) is 0 Å². The molecule has 0 spiro atoms. The van der Waals surface area contributed by atoms with Crippen molar-refractivity contribution in [1.82, 2.24) is 4.90 Å². The zero-order valence-corrected chi connectivity index (χ0v) is 14.3. The minimum Gasteiger partial charge on any atom is -0.324 e. The Morgan fingerprint density at radius 1 is 1.08 bits per heavy atom. The van der Waals surface area contributed by atoms with Gasteiger partial charge in [0, 0.05) is 24.2 Å². The summed E-state index contributed by atoms with van der Waals surface area (Å²) >= 11 is 0. The van der Waals surface area contributed by atoms with E-state index < -0.39 is 6.04 Å². The second kappa shape index (κ2) is 6.48. The number of rotatable bonds is 4. The zero-order chi connectivity index (χ0) is 17.3. The first kappa shape index (κ1) is 16.2. The fourth-order valence-corrected chi connectivity index (χ4v) is 3.41. The van der Waals surface area contributed by atoms with E-state index in [1.165, 1.54) is 6.92 Å². The van der Waals surface area contributed by atoms with E-state index in [4.69, 9.17) is 0 Å². The van der Waals surface area contributed by atoms with Crippen LogP contribution in [0, 0.1) is 0 Å². The molecule has 0 aromatic heterocycles. The van der Waals surface area contributed by atoms with Crippen LogP contribution in [0.2, 0.25) is 0 Å². The van der Waals surface area contributed by atoms with E-state index in [0.29, 0.717) is 6.54 Å². The average Bonchev–Trinajstić information content (AvgIpc) is 2.82. The molecular formula is C20H22N2O2. The number of nitrogens with zero attached hydrogens (tertiary/aromatic N) is 2. The molecule has 4 heteroatoms. The van der Waals surface area contributed by atoms with Gasteiger partial charge in [-0.25, -0.2) is 0 Å². The average molecular weight is 322 g/mol. The summed E-state index contributed by atoms with van der Waals surface area (Å²) in [5, 5.41) is 0. The molecule has 1 unspecified atom stereocenters. The fourth-order valence-electron chi connectivity index (χ4n) is 3.41. The summed E-state index contributed by atoms with van der Waals surface area (Å²) in [6.07, 6.45) is 0. The molecule has 1 heterocycles. The van der Waals surface area contributed by atoms with Gasteiger partial charge in [0.1, 0.15) is 6.04 Å². The molecule has 124 valence electrons. The summed E-state index contributed by atoms with van der Waals surface area (Å²) in [5.74, 6) is -0.122. The monoisotopic (exact) mass is 322 g/mol. The zero-order valence-electron chi connectivity index (χ0n) is 14.3. The SMILES string of the molecule is CC(=O)N(C(C)C)C1C(=O)N(Cc2ccccc2)c2ccccc21. The molecule has 0 radical (unpaired) electrons. The number of fused-ring (bicyclic) bond motifs is 1. The molecule has 1 atom stereocenters. The number of carbonyl (C=O) groups excluding carboxylic acids is 2.